The standard InChI is InChI=1S/C27H34N4O2/c1-4-20-6-5-7-23(16-20)31-25-15-19(3)18(2)14-24(25)29-27(31)30-11-8-21(9-12-30)26(32)28-22-10-13-33-17-22/h5-7,14-16,21-22H,4,8-13,17H2,1-3H3,(H,28,32). The van der Waals surface area contributed by atoms with Gasteiger partial charge in [0.05, 0.1) is 23.7 Å². The maximum Gasteiger partial charge on any atom is 0.223 e. The number of hydrogen-bond donors (Lipinski definition) is 1. The molecule has 6 heteroatoms. The van der Waals surface area contributed by atoms with Crippen LogP contribution < -0.4 is 10.2 Å². The molecule has 33 heavy (non-hydrogen) atoms. The summed E-state index contributed by atoms with van der Waals surface area (Å²) in [5.41, 5.74) is 7.16. The van der Waals surface area contributed by atoms with Gasteiger partial charge in [-0.05, 0) is 80.5 Å². The molecule has 5 rings (SSSR count). The van der Waals surface area contributed by atoms with Gasteiger partial charge in [0.2, 0.25) is 11.9 Å². The third kappa shape index (κ3) is 4.36. The number of aromatic nitrogens is 2. The van der Waals surface area contributed by atoms with Crippen LogP contribution in [0.2, 0.25) is 0 Å². The normalized spacial score (nSPS) is 19.4. The number of imidazole rings is 1. The maximum atomic E-state index is 12.8. The predicted octanol–water partition coefficient (Wildman–Crippen LogP) is 4.33. The van der Waals surface area contributed by atoms with Crippen LogP contribution in [-0.4, -0.2) is 47.8 Å². The van der Waals surface area contributed by atoms with Crippen molar-refractivity contribution in [1.29, 1.82) is 0 Å². The van der Waals surface area contributed by atoms with E-state index in [2.05, 4.69) is 72.0 Å². The van der Waals surface area contributed by atoms with E-state index in [1.54, 1.807) is 0 Å². The van der Waals surface area contributed by atoms with E-state index in [9.17, 15) is 4.79 Å². The molecule has 0 saturated carbocycles. The number of ether oxygens (including phenoxy) is 1. The van der Waals surface area contributed by atoms with Crippen LogP contribution in [0.1, 0.15) is 42.9 Å². The molecule has 1 aromatic heterocycles. The lowest BCUT2D eigenvalue weighted by atomic mass is 9.95. The first kappa shape index (κ1) is 22.0. The summed E-state index contributed by atoms with van der Waals surface area (Å²) in [6, 6.07) is 13.4. The average Bonchev–Trinajstić information content (AvgIpc) is 3.47. The molecule has 0 radical (unpaired) electrons. The molecule has 2 aromatic carbocycles. The van der Waals surface area contributed by atoms with Gasteiger partial charge in [-0.1, -0.05) is 19.1 Å². The fourth-order valence-corrected chi connectivity index (χ4v) is 5.01. The predicted molar refractivity (Wildman–Crippen MR) is 132 cm³/mol. The van der Waals surface area contributed by atoms with Gasteiger partial charge in [0, 0.05) is 31.3 Å². The monoisotopic (exact) mass is 446 g/mol. The molecule has 2 fully saturated rings. The molecule has 2 saturated heterocycles. The third-order valence-electron chi connectivity index (χ3n) is 7.25. The van der Waals surface area contributed by atoms with Crippen LogP contribution in [0.25, 0.3) is 16.7 Å². The quantitative estimate of drug-likeness (QED) is 0.634. The second kappa shape index (κ2) is 9.18. The lowest BCUT2D eigenvalue weighted by molar-refractivity contribution is -0.126. The molecule has 3 heterocycles. The summed E-state index contributed by atoms with van der Waals surface area (Å²) in [5.74, 6) is 1.22. The molecule has 0 bridgehead atoms. The minimum Gasteiger partial charge on any atom is -0.379 e. The van der Waals surface area contributed by atoms with Crippen LogP contribution in [0.3, 0.4) is 0 Å². The Morgan fingerprint density at radius 1 is 1.12 bits per heavy atom. The lowest BCUT2D eigenvalue weighted by Crippen LogP contribution is -2.44. The molecule has 2 aliphatic heterocycles. The Morgan fingerprint density at radius 3 is 2.64 bits per heavy atom. The smallest absolute Gasteiger partial charge is 0.223 e. The highest BCUT2D eigenvalue weighted by Crippen LogP contribution is 2.32. The number of aryl methyl sites for hydroxylation is 3. The van der Waals surface area contributed by atoms with E-state index in [1.165, 1.54) is 16.7 Å². The van der Waals surface area contributed by atoms with Crippen molar-refractivity contribution in [3.05, 3.63) is 53.1 Å². The van der Waals surface area contributed by atoms with E-state index in [0.29, 0.717) is 6.61 Å². The molecule has 2 aliphatic rings. The van der Waals surface area contributed by atoms with Crippen LogP contribution in [-0.2, 0) is 16.0 Å². The molecule has 3 aromatic rings. The lowest BCUT2D eigenvalue weighted by Gasteiger charge is -2.33. The van der Waals surface area contributed by atoms with E-state index in [4.69, 9.17) is 9.72 Å². The number of fused-ring (bicyclic) bond motifs is 1. The van der Waals surface area contributed by atoms with Gasteiger partial charge in [-0.25, -0.2) is 4.98 Å². The molecule has 1 N–H and O–H groups in total. The van der Waals surface area contributed by atoms with E-state index in [0.717, 1.165) is 68.0 Å². The van der Waals surface area contributed by atoms with Gasteiger partial charge < -0.3 is 15.0 Å². The maximum absolute atomic E-state index is 12.8. The number of benzene rings is 2. The first-order chi connectivity index (χ1) is 16.0. The van der Waals surface area contributed by atoms with E-state index >= 15 is 0 Å². The van der Waals surface area contributed by atoms with E-state index in [1.807, 2.05) is 0 Å². The van der Waals surface area contributed by atoms with Gasteiger partial charge in [0.1, 0.15) is 0 Å². The third-order valence-corrected chi connectivity index (χ3v) is 7.25. The van der Waals surface area contributed by atoms with Gasteiger partial charge in [-0.15, -0.1) is 0 Å². The molecule has 1 atom stereocenters. The van der Waals surface area contributed by atoms with Crippen LogP contribution in [0.4, 0.5) is 5.95 Å². The van der Waals surface area contributed by atoms with Crippen LogP contribution >= 0.6 is 0 Å². The van der Waals surface area contributed by atoms with Gasteiger partial charge in [0.25, 0.3) is 0 Å². The summed E-state index contributed by atoms with van der Waals surface area (Å²) >= 11 is 0. The Bertz CT molecular complexity index is 1150. The highest BCUT2D eigenvalue weighted by atomic mass is 16.5. The highest BCUT2D eigenvalue weighted by molar-refractivity contribution is 5.83. The van der Waals surface area contributed by atoms with Crippen molar-refractivity contribution in [1.82, 2.24) is 14.9 Å². The number of carbonyl (C=O) groups is 1. The van der Waals surface area contributed by atoms with Crippen LogP contribution in [0, 0.1) is 19.8 Å². The summed E-state index contributed by atoms with van der Waals surface area (Å²) in [6.45, 7) is 9.54. The van der Waals surface area contributed by atoms with Crippen molar-refractivity contribution >= 4 is 22.9 Å². The van der Waals surface area contributed by atoms with Crippen LogP contribution in [0.15, 0.2) is 36.4 Å². The number of amides is 1. The zero-order valence-corrected chi connectivity index (χ0v) is 19.9. The minimum absolute atomic E-state index is 0.0626. The molecule has 0 aliphatic carbocycles. The van der Waals surface area contributed by atoms with E-state index < -0.39 is 0 Å². The van der Waals surface area contributed by atoms with Crippen molar-refractivity contribution in [3.63, 3.8) is 0 Å². The number of hydrogen-bond acceptors (Lipinski definition) is 4. The van der Waals surface area contributed by atoms with Crippen molar-refractivity contribution < 1.29 is 9.53 Å². The zero-order chi connectivity index (χ0) is 22.9. The Balaban J connectivity index is 1.43. The summed E-state index contributed by atoms with van der Waals surface area (Å²) in [5, 5.41) is 3.18. The van der Waals surface area contributed by atoms with Crippen molar-refractivity contribution in [3.8, 4) is 5.69 Å². The number of piperidine rings is 1. The van der Waals surface area contributed by atoms with Crippen molar-refractivity contribution in [2.24, 2.45) is 5.92 Å². The van der Waals surface area contributed by atoms with Crippen LogP contribution in [0.5, 0.6) is 0 Å². The number of nitrogens with one attached hydrogen (secondary N) is 1. The average molecular weight is 447 g/mol. The molecular formula is C27H34N4O2. The number of nitrogens with zero attached hydrogens (tertiary/aromatic N) is 3. The number of rotatable bonds is 5. The summed E-state index contributed by atoms with van der Waals surface area (Å²) in [6.07, 6.45) is 3.61. The first-order valence-electron chi connectivity index (χ1n) is 12.3. The number of carbonyl (C=O) groups excluding carboxylic acids is 1. The molecule has 174 valence electrons. The van der Waals surface area contributed by atoms with Gasteiger partial charge in [-0.3, -0.25) is 9.36 Å². The summed E-state index contributed by atoms with van der Waals surface area (Å²) in [7, 11) is 0. The van der Waals surface area contributed by atoms with Gasteiger partial charge >= 0.3 is 0 Å². The largest absolute Gasteiger partial charge is 0.379 e. The molecule has 1 amide bonds. The zero-order valence-electron chi connectivity index (χ0n) is 19.9. The summed E-state index contributed by atoms with van der Waals surface area (Å²) < 4.78 is 7.71. The second-order valence-electron chi connectivity index (χ2n) is 9.53. The molecule has 0 spiro atoms. The van der Waals surface area contributed by atoms with Crippen molar-refractivity contribution in [2.75, 3.05) is 31.2 Å². The minimum atomic E-state index is 0.0626. The second-order valence-corrected chi connectivity index (χ2v) is 9.53. The Hall–Kier alpha value is -2.86. The fourth-order valence-electron chi connectivity index (χ4n) is 5.01. The molecular weight excluding hydrogens is 412 g/mol. The fraction of sp³-hybridized carbons (Fsp3) is 0.481. The van der Waals surface area contributed by atoms with Gasteiger partial charge in [0.15, 0.2) is 0 Å². The molecule has 6 nitrogen and oxygen atoms in total. The SMILES string of the molecule is CCc1cccc(-n2c(N3CCC(C(=O)NC4CCOC4)CC3)nc3cc(C)c(C)cc32)c1. The Morgan fingerprint density at radius 2 is 1.91 bits per heavy atom. The summed E-state index contributed by atoms with van der Waals surface area (Å²) in [4.78, 5) is 20.2. The number of anilines is 1. The highest BCUT2D eigenvalue weighted by Gasteiger charge is 2.30. The topological polar surface area (TPSA) is 59.4 Å². The van der Waals surface area contributed by atoms with Gasteiger partial charge in [-0.2, -0.15) is 0 Å². The van der Waals surface area contributed by atoms with E-state index in [-0.39, 0.29) is 17.9 Å². The molecule has 1 unspecified atom stereocenters. The Kier molecular flexibility index (Phi) is 6.11. The first-order valence-corrected chi connectivity index (χ1v) is 12.3. The Labute approximate surface area is 195 Å². The van der Waals surface area contributed by atoms with Crippen molar-refractivity contribution in [2.45, 2.75) is 52.5 Å².